The maximum absolute atomic E-state index is 12.9. The van der Waals surface area contributed by atoms with Crippen LogP contribution in [-0.4, -0.2) is 5.78 Å². The van der Waals surface area contributed by atoms with Crippen LogP contribution in [0.25, 0.3) is 10.1 Å². The Morgan fingerprint density at radius 2 is 1.84 bits per heavy atom. The molecule has 0 radical (unpaired) electrons. The van der Waals surface area contributed by atoms with E-state index < -0.39 is 11.7 Å². The van der Waals surface area contributed by atoms with Crippen LogP contribution in [0.5, 0.6) is 0 Å². The number of ketones is 1. The Morgan fingerprint density at radius 3 is 2.52 bits per heavy atom. The van der Waals surface area contributed by atoms with Gasteiger partial charge in [-0.3, -0.25) is 4.79 Å². The number of aryl methyl sites for hydroxylation is 3. The zero-order valence-electron chi connectivity index (χ0n) is 13.9. The maximum Gasteiger partial charge on any atom is 0.416 e. The quantitative estimate of drug-likeness (QED) is 0.494. The largest absolute Gasteiger partial charge is 0.416 e. The highest BCUT2D eigenvalue weighted by atomic mass is 32.1. The number of carbonyl (C=O) groups excluding carboxylic acids is 1. The van der Waals surface area contributed by atoms with E-state index in [0.29, 0.717) is 23.1 Å². The van der Waals surface area contributed by atoms with Crippen LogP contribution in [0.3, 0.4) is 0 Å². The summed E-state index contributed by atoms with van der Waals surface area (Å²) in [7, 11) is 0. The highest BCUT2D eigenvalue weighted by Crippen LogP contribution is 2.37. The van der Waals surface area contributed by atoms with E-state index in [1.165, 1.54) is 23.5 Å². The van der Waals surface area contributed by atoms with E-state index in [9.17, 15) is 18.0 Å². The van der Waals surface area contributed by atoms with E-state index in [1.807, 2.05) is 32.0 Å². The SMILES string of the molecule is Cc1cccc(C(=O)CCc2sc3cc(C(F)(F)F)ccc3c2C)c1. The van der Waals surface area contributed by atoms with Gasteiger partial charge in [0.2, 0.25) is 0 Å². The lowest BCUT2D eigenvalue weighted by Crippen LogP contribution is -2.03. The van der Waals surface area contributed by atoms with Gasteiger partial charge in [-0.05, 0) is 49.4 Å². The maximum atomic E-state index is 12.9. The summed E-state index contributed by atoms with van der Waals surface area (Å²) < 4.78 is 39.2. The smallest absolute Gasteiger partial charge is 0.294 e. The van der Waals surface area contributed by atoms with Gasteiger partial charge in [0.05, 0.1) is 5.56 Å². The number of fused-ring (bicyclic) bond motifs is 1. The van der Waals surface area contributed by atoms with E-state index in [1.54, 1.807) is 6.07 Å². The van der Waals surface area contributed by atoms with Crippen molar-refractivity contribution in [2.75, 3.05) is 0 Å². The van der Waals surface area contributed by atoms with Gasteiger partial charge in [-0.1, -0.05) is 29.8 Å². The van der Waals surface area contributed by atoms with Crippen LogP contribution in [0, 0.1) is 13.8 Å². The van der Waals surface area contributed by atoms with E-state index in [0.717, 1.165) is 27.5 Å². The number of hydrogen-bond donors (Lipinski definition) is 0. The van der Waals surface area contributed by atoms with E-state index in [2.05, 4.69) is 0 Å². The summed E-state index contributed by atoms with van der Waals surface area (Å²) in [5, 5.41) is 0.830. The first-order chi connectivity index (χ1) is 11.8. The van der Waals surface area contributed by atoms with Gasteiger partial charge in [-0.15, -0.1) is 11.3 Å². The van der Waals surface area contributed by atoms with Crippen molar-refractivity contribution < 1.29 is 18.0 Å². The van der Waals surface area contributed by atoms with E-state index in [4.69, 9.17) is 0 Å². The zero-order chi connectivity index (χ0) is 18.2. The molecule has 1 heterocycles. The fraction of sp³-hybridized carbons (Fsp3) is 0.250. The Hall–Kier alpha value is -2.14. The molecule has 25 heavy (non-hydrogen) atoms. The third-order valence-corrected chi connectivity index (χ3v) is 5.60. The molecule has 0 saturated heterocycles. The molecule has 5 heteroatoms. The van der Waals surface area contributed by atoms with Gasteiger partial charge in [0, 0.05) is 21.6 Å². The fourth-order valence-electron chi connectivity index (χ4n) is 2.88. The van der Waals surface area contributed by atoms with Crippen molar-refractivity contribution in [1.29, 1.82) is 0 Å². The highest BCUT2D eigenvalue weighted by molar-refractivity contribution is 7.19. The predicted octanol–water partition coefficient (Wildman–Crippen LogP) is 6.35. The third kappa shape index (κ3) is 3.76. The van der Waals surface area contributed by atoms with Crippen molar-refractivity contribution >= 4 is 27.2 Å². The molecular weight excluding hydrogens is 345 g/mol. The van der Waals surface area contributed by atoms with Crippen LogP contribution in [-0.2, 0) is 12.6 Å². The van der Waals surface area contributed by atoms with Crippen LogP contribution in [0.15, 0.2) is 42.5 Å². The second-order valence-corrected chi connectivity index (χ2v) is 7.29. The second kappa shape index (κ2) is 6.64. The van der Waals surface area contributed by atoms with Crippen LogP contribution >= 0.6 is 11.3 Å². The second-order valence-electron chi connectivity index (χ2n) is 6.15. The predicted molar refractivity (Wildman–Crippen MR) is 95.4 cm³/mol. The van der Waals surface area contributed by atoms with E-state index in [-0.39, 0.29) is 5.78 Å². The summed E-state index contributed by atoms with van der Waals surface area (Å²) in [6.07, 6.45) is -3.45. The molecule has 1 nitrogen and oxygen atoms in total. The molecule has 0 bridgehead atoms. The van der Waals surface area contributed by atoms with Gasteiger partial charge < -0.3 is 0 Å². The monoisotopic (exact) mass is 362 g/mol. The Kier molecular flexibility index (Phi) is 4.69. The Bertz CT molecular complexity index is 938. The molecule has 2 aromatic carbocycles. The van der Waals surface area contributed by atoms with Crippen molar-refractivity contribution in [1.82, 2.24) is 0 Å². The number of benzene rings is 2. The summed E-state index contributed by atoms with van der Waals surface area (Å²) in [5.41, 5.74) is 2.04. The first-order valence-corrected chi connectivity index (χ1v) is 8.76. The molecule has 0 N–H and O–H groups in total. The molecule has 0 saturated carbocycles. The topological polar surface area (TPSA) is 17.1 Å². The van der Waals surface area contributed by atoms with Gasteiger partial charge in [0.15, 0.2) is 5.78 Å². The van der Waals surface area contributed by atoms with Gasteiger partial charge in [-0.2, -0.15) is 13.2 Å². The number of alkyl halides is 3. The number of hydrogen-bond acceptors (Lipinski definition) is 2. The molecular formula is C20H17F3OS. The number of Topliss-reactive ketones (excluding diaryl/α,β-unsaturated/α-hetero) is 1. The molecule has 0 fully saturated rings. The minimum absolute atomic E-state index is 0.0523. The molecule has 0 amide bonds. The first-order valence-electron chi connectivity index (χ1n) is 7.95. The number of halogens is 3. The molecule has 130 valence electrons. The molecule has 3 aromatic rings. The van der Waals surface area contributed by atoms with Crippen molar-refractivity contribution in [3.63, 3.8) is 0 Å². The number of rotatable bonds is 4. The Labute approximate surface area is 148 Å². The van der Waals surface area contributed by atoms with Crippen molar-refractivity contribution in [2.24, 2.45) is 0 Å². The van der Waals surface area contributed by atoms with Crippen molar-refractivity contribution in [2.45, 2.75) is 32.9 Å². The summed E-state index contributed by atoms with van der Waals surface area (Å²) >= 11 is 1.34. The number of thiophene rings is 1. The normalized spacial score (nSPS) is 11.9. The van der Waals surface area contributed by atoms with E-state index >= 15 is 0 Å². The molecule has 1 aromatic heterocycles. The molecule has 3 rings (SSSR count). The minimum atomic E-state index is -4.34. The molecule has 0 aliphatic carbocycles. The minimum Gasteiger partial charge on any atom is -0.294 e. The molecule has 0 atom stereocenters. The third-order valence-electron chi connectivity index (χ3n) is 4.28. The standard InChI is InChI=1S/C20H17F3OS/c1-12-4-3-5-14(10-12)17(24)8-9-18-13(2)16-7-6-15(20(21,22)23)11-19(16)25-18/h3-7,10-11H,8-9H2,1-2H3. The Morgan fingerprint density at radius 1 is 1.08 bits per heavy atom. The van der Waals surface area contributed by atoms with Crippen molar-refractivity contribution in [3.05, 3.63) is 69.6 Å². The summed E-state index contributed by atoms with van der Waals surface area (Å²) in [6.45, 7) is 3.84. The average molecular weight is 362 g/mol. The first kappa shape index (κ1) is 17.7. The van der Waals surface area contributed by atoms with Crippen molar-refractivity contribution in [3.8, 4) is 0 Å². The highest BCUT2D eigenvalue weighted by Gasteiger charge is 2.30. The average Bonchev–Trinajstić information content (AvgIpc) is 2.87. The van der Waals surface area contributed by atoms with Crippen LogP contribution in [0.4, 0.5) is 13.2 Å². The lowest BCUT2D eigenvalue weighted by atomic mass is 10.0. The molecule has 0 spiro atoms. The number of carbonyl (C=O) groups is 1. The lowest BCUT2D eigenvalue weighted by molar-refractivity contribution is -0.137. The molecule has 0 aliphatic heterocycles. The summed E-state index contributed by atoms with van der Waals surface area (Å²) in [5.74, 6) is 0.0523. The van der Waals surface area contributed by atoms with Gasteiger partial charge in [0.1, 0.15) is 0 Å². The van der Waals surface area contributed by atoms with Gasteiger partial charge in [0.25, 0.3) is 0 Å². The zero-order valence-corrected chi connectivity index (χ0v) is 14.7. The van der Waals surface area contributed by atoms with Crippen LogP contribution < -0.4 is 0 Å². The van der Waals surface area contributed by atoms with Crippen LogP contribution in [0.2, 0.25) is 0 Å². The van der Waals surface area contributed by atoms with Crippen LogP contribution in [0.1, 0.15) is 38.3 Å². The molecule has 0 aliphatic rings. The fourth-order valence-corrected chi connectivity index (χ4v) is 4.13. The Balaban J connectivity index is 1.82. The summed E-state index contributed by atoms with van der Waals surface area (Å²) in [4.78, 5) is 13.3. The van der Waals surface area contributed by atoms with Gasteiger partial charge >= 0.3 is 6.18 Å². The summed E-state index contributed by atoms with van der Waals surface area (Å²) in [6, 6.07) is 11.3. The molecule has 0 unspecified atom stereocenters. The van der Waals surface area contributed by atoms with Gasteiger partial charge in [-0.25, -0.2) is 0 Å². The lowest BCUT2D eigenvalue weighted by Gasteiger charge is -2.05.